The van der Waals surface area contributed by atoms with Gasteiger partial charge in [0, 0.05) is 11.1 Å². The molecule has 0 saturated heterocycles. The number of benzene rings is 2. The van der Waals surface area contributed by atoms with Gasteiger partial charge in [-0.1, -0.05) is 18.2 Å². The highest BCUT2D eigenvalue weighted by atomic mass is 16.5. The molecule has 2 aromatic rings. The summed E-state index contributed by atoms with van der Waals surface area (Å²) < 4.78 is 10.5. The summed E-state index contributed by atoms with van der Waals surface area (Å²) in [7, 11) is 3.11. The molecular formula is C15H14O4. The minimum absolute atomic E-state index is 0.231. The third-order valence-electron chi connectivity index (χ3n) is 2.85. The SMILES string of the molecule is COc1ccc(OC)c(-c2ccccc2C(=O)O)c1. The summed E-state index contributed by atoms with van der Waals surface area (Å²) in [6.07, 6.45) is 0. The number of methoxy groups -OCH3 is 2. The zero-order valence-electron chi connectivity index (χ0n) is 10.7. The van der Waals surface area contributed by atoms with Crippen molar-refractivity contribution in [2.75, 3.05) is 14.2 Å². The number of carboxylic acid groups (broad SMARTS) is 1. The van der Waals surface area contributed by atoms with Gasteiger partial charge in [0.05, 0.1) is 19.8 Å². The van der Waals surface area contributed by atoms with Crippen LogP contribution in [0, 0.1) is 0 Å². The zero-order chi connectivity index (χ0) is 13.8. The van der Waals surface area contributed by atoms with Gasteiger partial charge in [-0.3, -0.25) is 0 Å². The second kappa shape index (κ2) is 5.44. The highest BCUT2D eigenvalue weighted by Gasteiger charge is 2.15. The quantitative estimate of drug-likeness (QED) is 0.915. The van der Waals surface area contributed by atoms with E-state index in [1.54, 1.807) is 56.7 Å². The van der Waals surface area contributed by atoms with Gasteiger partial charge in [-0.2, -0.15) is 0 Å². The zero-order valence-corrected chi connectivity index (χ0v) is 10.7. The summed E-state index contributed by atoms with van der Waals surface area (Å²) in [5, 5.41) is 9.24. The lowest BCUT2D eigenvalue weighted by Gasteiger charge is -2.12. The molecule has 4 heteroatoms. The molecule has 19 heavy (non-hydrogen) atoms. The number of hydrogen-bond acceptors (Lipinski definition) is 3. The van der Waals surface area contributed by atoms with E-state index in [0.717, 1.165) is 0 Å². The molecule has 0 amide bonds. The molecule has 1 N–H and O–H groups in total. The van der Waals surface area contributed by atoms with Crippen molar-refractivity contribution >= 4 is 5.97 Å². The summed E-state index contributed by atoms with van der Waals surface area (Å²) in [5.74, 6) is 0.283. The van der Waals surface area contributed by atoms with Gasteiger partial charge in [0.15, 0.2) is 0 Å². The minimum Gasteiger partial charge on any atom is -0.497 e. The minimum atomic E-state index is -0.972. The van der Waals surface area contributed by atoms with Crippen molar-refractivity contribution < 1.29 is 19.4 Å². The van der Waals surface area contributed by atoms with Gasteiger partial charge in [0.25, 0.3) is 0 Å². The lowest BCUT2D eigenvalue weighted by Crippen LogP contribution is -2.00. The number of rotatable bonds is 4. The van der Waals surface area contributed by atoms with Crippen LogP contribution < -0.4 is 9.47 Å². The third kappa shape index (κ3) is 2.52. The van der Waals surface area contributed by atoms with Crippen LogP contribution in [0.2, 0.25) is 0 Å². The molecule has 0 aromatic heterocycles. The topological polar surface area (TPSA) is 55.8 Å². The van der Waals surface area contributed by atoms with Crippen molar-refractivity contribution in [3.05, 3.63) is 48.0 Å². The molecule has 0 spiro atoms. The lowest BCUT2D eigenvalue weighted by atomic mass is 9.98. The van der Waals surface area contributed by atoms with Crippen molar-refractivity contribution in [2.45, 2.75) is 0 Å². The summed E-state index contributed by atoms with van der Waals surface area (Å²) in [4.78, 5) is 11.3. The van der Waals surface area contributed by atoms with Crippen LogP contribution in [0.4, 0.5) is 0 Å². The normalized spacial score (nSPS) is 10.0. The largest absolute Gasteiger partial charge is 0.497 e. The van der Waals surface area contributed by atoms with E-state index in [0.29, 0.717) is 22.6 Å². The second-order valence-corrected chi connectivity index (χ2v) is 3.92. The molecule has 0 bridgehead atoms. The van der Waals surface area contributed by atoms with Crippen LogP contribution in [0.1, 0.15) is 10.4 Å². The number of aromatic carboxylic acids is 1. The molecule has 0 unspecified atom stereocenters. The Kier molecular flexibility index (Phi) is 3.71. The molecule has 0 aliphatic heterocycles. The summed E-state index contributed by atoms with van der Waals surface area (Å²) in [6, 6.07) is 12.1. The molecular weight excluding hydrogens is 244 g/mol. The maximum Gasteiger partial charge on any atom is 0.336 e. The Balaban J connectivity index is 2.66. The average Bonchev–Trinajstić information content (AvgIpc) is 2.46. The fourth-order valence-corrected chi connectivity index (χ4v) is 1.93. The van der Waals surface area contributed by atoms with Crippen LogP contribution in [0.15, 0.2) is 42.5 Å². The van der Waals surface area contributed by atoms with Crippen LogP contribution in [-0.4, -0.2) is 25.3 Å². The van der Waals surface area contributed by atoms with Crippen molar-refractivity contribution in [2.24, 2.45) is 0 Å². The molecule has 2 rings (SSSR count). The number of carbonyl (C=O) groups is 1. The van der Waals surface area contributed by atoms with Gasteiger partial charge in [0.1, 0.15) is 11.5 Å². The average molecular weight is 258 g/mol. The van der Waals surface area contributed by atoms with Crippen molar-refractivity contribution in [1.29, 1.82) is 0 Å². The Bertz CT molecular complexity index is 605. The van der Waals surface area contributed by atoms with Gasteiger partial charge < -0.3 is 14.6 Å². The van der Waals surface area contributed by atoms with Crippen LogP contribution >= 0.6 is 0 Å². The highest BCUT2D eigenvalue weighted by Crippen LogP contribution is 2.35. The molecule has 98 valence electrons. The van der Waals surface area contributed by atoms with E-state index in [2.05, 4.69) is 0 Å². The monoisotopic (exact) mass is 258 g/mol. The van der Waals surface area contributed by atoms with Crippen molar-refractivity contribution in [1.82, 2.24) is 0 Å². The molecule has 0 saturated carbocycles. The molecule has 0 aliphatic carbocycles. The van der Waals surface area contributed by atoms with Crippen molar-refractivity contribution in [3.8, 4) is 22.6 Å². The Hall–Kier alpha value is -2.49. The van der Waals surface area contributed by atoms with Gasteiger partial charge in [-0.15, -0.1) is 0 Å². The molecule has 0 heterocycles. The van der Waals surface area contributed by atoms with Gasteiger partial charge >= 0.3 is 5.97 Å². The fraction of sp³-hybridized carbons (Fsp3) is 0.133. The van der Waals surface area contributed by atoms with E-state index >= 15 is 0 Å². The van der Waals surface area contributed by atoms with Crippen LogP contribution in [-0.2, 0) is 0 Å². The highest BCUT2D eigenvalue weighted by molar-refractivity contribution is 5.97. The first-order chi connectivity index (χ1) is 9.17. The smallest absolute Gasteiger partial charge is 0.336 e. The summed E-state index contributed by atoms with van der Waals surface area (Å²) in [6.45, 7) is 0. The first kappa shape index (κ1) is 13.0. The lowest BCUT2D eigenvalue weighted by molar-refractivity contribution is 0.0697. The van der Waals surface area contributed by atoms with Gasteiger partial charge in [-0.25, -0.2) is 4.79 Å². The number of carboxylic acids is 1. The van der Waals surface area contributed by atoms with Gasteiger partial charge in [-0.05, 0) is 24.3 Å². The first-order valence-electron chi connectivity index (χ1n) is 5.72. The Labute approximate surface area is 111 Å². The predicted molar refractivity (Wildman–Crippen MR) is 71.9 cm³/mol. The fourth-order valence-electron chi connectivity index (χ4n) is 1.93. The van der Waals surface area contributed by atoms with E-state index in [4.69, 9.17) is 9.47 Å². The molecule has 0 atom stereocenters. The van der Waals surface area contributed by atoms with Crippen LogP contribution in [0.3, 0.4) is 0 Å². The standard InChI is InChI=1S/C15H14O4/c1-18-10-7-8-14(19-2)13(9-10)11-5-3-4-6-12(11)15(16)17/h3-9H,1-2H3,(H,16,17). The maximum absolute atomic E-state index is 11.3. The van der Waals surface area contributed by atoms with E-state index in [1.165, 1.54) is 0 Å². The van der Waals surface area contributed by atoms with E-state index < -0.39 is 5.97 Å². The third-order valence-corrected chi connectivity index (χ3v) is 2.85. The number of ether oxygens (including phenoxy) is 2. The van der Waals surface area contributed by atoms with E-state index in [1.807, 2.05) is 0 Å². The van der Waals surface area contributed by atoms with Crippen LogP contribution in [0.25, 0.3) is 11.1 Å². The van der Waals surface area contributed by atoms with Crippen molar-refractivity contribution in [3.63, 3.8) is 0 Å². The van der Waals surface area contributed by atoms with E-state index in [-0.39, 0.29) is 5.56 Å². The Morgan fingerprint density at radius 1 is 1.00 bits per heavy atom. The Morgan fingerprint density at radius 3 is 2.37 bits per heavy atom. The predicted octanol–water partition coefficient (Wildman–Crippen LogP) is 3.07. The molecule has 0 aliphatic rings. The molecule has 0 radical (unpaired) electrons. The maximum atomic E-state index is 11.3. The van der Waals surface area contributed by atoms with Crippen LogP contribution in [0.5, 0.6) is 11.5 Å². The Morgan fingerprint density at radius 2 is 1.74 bits per heavy atom. The molecule has 0 fully saturated rings. The second-order valence-electron chi connectivity index (χ2n) is 3.92. The van der Waals surface area contributed by atoms with Gasteiger partial charge in [0.2, 0.25) is 0 Å². The van der Waals surface area contributed by atoms with E-state index in [9.17, 15) is 9.90 Å². The summed E-state index contributed by atoms with van der Waals surface area (Å²) >= 11 is 0. The first-order valence-corrected chi connectivity index (χ1v) is 5.72. The molecule has 4 nitrogen and oxygen atoms in total. The summed E-state index contributed by atoms with van der Waals surface area (Å²) in [5.41, 5.74) is 1.53. The number of hydrogen-bond donors (Lipinski definition) is 1. The molecule has 2 aromatic carbocycles.